The van der Waals surface area contributed by atoms with Crippen LogP contribution < -0.4 is 5.32 Å². The van der Waals surface area contributed by atoms with Crippen LogP contribution >= 0.6 is 0 Å². The fourth-order valence-corrected chi connectivity index (χ4v) is 1.86. The molecule has 1 amide bonds. The van der Waals surface area contributed by atoms with Gasteiger partial charge in [0.15, 0.2) is 0 Å². The Kier molecular flexibility index (Phi) is 5.41. The second kappa shape index (κ2) is 6.59. The van der Waals surface area contributed by atoms with E-state index in [0.29, 0.717) is 13.0 Å². The van der Waals surface area contributed by atoms with Crippen LogP contribution in [0.5, 0.6) is 0 Å². The summed E-state index contributed by atoms with van der Waals surface area (Å²) in [5.41, 5.74) is 0. The molecular formula is C12H21NO4. The summed E-state index contributed by atoms with van der Waals surface area (Å²) in [6, 6.07) is 0. The van der Waals surface area contributed by atoms with Gasteiger partial charge < -0.3 is 15.2 Å². The van der Waals surface area contributed by atoms with Crippen LogP contribution in [0.4, 0.5) is 0 Å². The predicted molar refractivity (Wildman–Crippen MR) is 62.6 cm³/mol. The number of carboxylic acids is 1. The zero-order chi connectivity index (χ0) is 12.8. The molecule has 5 nitrogen and oxygen atoms in total. The van der Waals surface area contributed by atoms with Crippen LogP contribution in [0.2, 0.25) is 0 Å². The zero-order valence-electron chi connectivity index (χ0n) is 10.4. The Balaban J connectivity index is 2.25. The number of ether oxygens (including phenoxy) is 1. The lowest BCUT2D eigenvalue weighted by atomic mass is 10.0. The molecule has 1 fully saturated rings. The number of carboxylic acid groups (broad SMARTS) is 1. The maximum atomic E-state index is 11.6. The molecule has 5 heteroatoms. The minimum absolute atomic E-state index is 0.0365. The first-order valence-corrected chi connectivity index (χ1v) is 6.22. The van der Waals surface area contributed by atoms with Gasteiger partial charge >= 0.3 is 5.97 Å². The Bertz CT molecular complexity index is 280. The van der Waals surface area contributed by atoms with Crippen molar-refractivity contribution < 1.29 is 19.4 Å². The van der Waals surface area contributed by atoms with Crippen LogP contribution in [-0.2, 0) is 14.3 Å². The van der Waals surface area contributed by atoms with Gasteiger partial charge in [0.2, 0.25) is 5.91 Å². The van der Waals surface area contributed by atoms with Crippen LogP contribution in [0.25, 0.3) is 0 Å². The summed E-state index contributed by atoms with van der Waals surface area (Å²) in [6.45, 7) is 4.66. The van der Waals surface area contributed by atoms with E-state index in [0.717, 1.165) is 12.8 Å². The van der Waals surface area contributed by atoms with Crippen molar-refractivity contribution in [3.05, 3.63) is 0 Å². The first-order valence-electron chi connectivity index (χ1n) is 6.22. The number of carbonyl (C=O) groups is 2. The molecule has 17 heavy (non-hydrogen) atoms. The van der Waals surface area contributed by atoms with Gasteiger partial charge in [-0.3, -0.25) is 9.59 Å². The topological polar surface area (TPSA) is 75.6 Å². The fourth-order valence-electron chi connectivity index (χ4n) is 1.86. The van der Waals surface area contributed by atoms with Crippen LogP contribution in [-0.4, -0.2) is 36.2 Å². The summed E-state index contributed by atoms with van der Waals surface area (Å²) < 4.78 is 5.31. The van der Waals surface area contributed by atoms with Crippen molar-refractivity contribution >= 4 is 11.9 Å². The van der Waals surface area contributed by atoms with Gasteiger partial charge in [-0.2, -0.15) is 0 Å². The molecule has 1 rings (SSSR count). The average molecular weight is 243 g/mol. The standard InChI is InChI=1S/C12H21NO4/c1-3-5-8(12(15)16)7-13-11(14)9-6-10(9)17-4-2/h8-10H,3-7H2,1-2H3,(H,13,14)(H,15,16). The number of aliphatic carboxylic acids is 1. The molecule has 0 bridgehead atoms. The van der Waals surface area contributed by atoms with Crippen molar-refractivity contribution in [3.63, 3.8) is 0 Å². The number of carbonyl (C=O) groups excluding carboxylic acids is 1. The molecule has 0 aromatic heterocycles. The maximum Gasteiger partial charge on any atom is 0.308 e. The first kappa shape index (κ1) is 14.0. The largest absolute Gasteiger partial charge is 0.481 e. The third kappa shape index (κ3) is 4.34. The van der Waals surface area contributed by atoms with Crippen molar-refractivity contribution in [2.24, 2.45) is 11.8 Å². The zero-order valence-corrected chi connectivity index (χ0v) is 10.4. The molecule has 1 aliphatic carbocycles. The van der Waals surface area contributed by atoms with Gasteiger partial charge in [0.1, 0.15) is 0 Å². The van der Waals surface area contributed by atoms with Crippen molar-refractivity contribution in [2.45, 2.75) is 39.2 Å². The summed E-state index contributed by atoms with van der Waals surface area (Å²) in [5.74, 6) is -1.48. The van der Waals surface area contributed by atoms with E-state index in [2.05, 4.69) is 5.32 Å². The van der Waals surface area contributed by atoms with E-state index in [9.17, 15) is 9.59 Å². The highest BCUT2D eigenvalue weighted by Gasteiger charge is 2.43. The summed E-state index contributed by atoms with van der Waals surface area (Å²) in [6.07, 6.45) is 2.19. The lowest BCUT2D eigenvalue weighted by Gasteiger charge is -2.12. The van der Waals surface area contributed by atoms with Gasteiger partial charge in [-0.25, -0.2) is 0 Å². The molecule has 1 aliphatic rings. The number of hydrogen-bond acceptors (Lipinski definition) is 3. The molecule has 0 aliphatic heterocycles. The highest BCUT2D eigenvalue weighted by Crippen LogP contribution is 2.33. The Hall–Kier alpha value is -1.10. The molecule has 0 spiro atoms. The monoisotopic (exact) mass is 243 g/mol. The van der Waals surface area contributed by atoms with E-state index < -0.39 is 11.9 Å². The quantitative estimate of drug-likeness (QED) is 0.667. The van der Waals surface area contributed by atoms with E-state index in [-0.39, 0.29) is 24.5 Å². The maximum absolute atomic E-state index is 11.6. The van der Waals surface area contributed by atoms with Crippen molar-refractivity contribution in [1.82, 2.24) is 5.32 Å². The van der Waals surface area contributed by atoms with Gasteiger partial charge in [0.05, 0.1) is 17.9 Å². The molecule has 0 heterocycles. The van der Waals surface area contributed by atoms with Crippen LogP contribution in [0, 0.1) is 11.8 Å². The SMILES string of the molecule is CCCC(CNC(=O)C1CC1OCC)C(=O)O. The van der Waals surface area contributed by atoms with Gasteiger partial charge in [-0.05, 0) is 19.8 Å². The van der Waals surface area contributed by atoms with E-state index in [1.165, 1.54) is 0 Å². The Morgan fingerprint density at radius 2 is 2.18 bits per heavy atom. The highest BCUT2D eigenvalue weighted by atomic mass is 16.5. The molecule has 98 valence electrons. The van der Waals surface area contributed by atoms with Crippen LogP contribution in [0.15, 0.2) is 0 Å². The Morgan fingerprint density at radius 1 is 1.47 bits per heavy atom. The highest BCUT2D eigenvalue weighted by molar-refractivity contribution is 5.82. The summed E-state index contributed by atoms with van der Waals surface area (Å²) >= 11 is 0. The van der Waals surface area contributed by atoms with E-state index in [1.807, 2.05) is 13.8 Å². The molecule has 3 unspecified atom stereocenters. The van der Waals surface area contributed by atoms with Crippen molar-refractivity contribution in [3.8, 4) is 0 Å². The third-order valence-corrected chi connectivity index (χ3v) is 2.96. The summed E-state index contributed by atoms with van der Waals surface area (Å²) in [5, 5.41) is 11.6. The molecule has 0 saturated heterocycles. The summed E-state index contributed by atoms with van der Waals surface area (Å²) in [7, 11) is 0. The van der Waals surface area contributed by atoms with Gasteiger partial charge in [-0.1, -0.05) is 13.3 Å². The Labute approximate surface area is 102 Å². The number of rotatable bonds is 8. The van der Waals surface area contributed by atoms with Crippen LogP contribution in [0.3, 0.4) is 0 Å². The van der Waals surface area contributed by atoms with E-state index in [4.69, 9.17) is 9.84 Å². The smallest absolute Gasteiger partial charge is 0.308 e. The summed E-state index contributed by atoms with van der Waals surface area (Å²) in [4.78, 5) is 22.5. The van der Waals surface area contributed by atoms with Gasteiger partial charge in [0.25, 0.3) is 0 Å². The minimum atomic E-state index is -0.843. The fraction of sp³-hybridized carbons (Fsp3) is 0.833. The normalized spacial score (nSPS) is 24.1. The molecule has 0 aromatic carbocycles. The molecule has 3 atom stereocenters. The van der Waals surface area contributed by atoms with Crippen LogP contribution in [0.1, 0.15) is 33.1 Å². The minimum Gasteiger partial charge on any atom is -0.481 e. The van der Waals surface area contributed by atoms with E-state index in [1.54, 1.807) is 0 Å². The lowest BCUT2D eigenvalue weighted by molar-refractivity contribution is -0.142. The molecule has 0 radical (unpaired) electrons. The molecule has 0 aromatic rings. The van der Waals surface area contributed by atoms with E-state index >= 15 is 0 Å². The average Bonchev–Trinajstić information content (AvgIpc) is 3.03. The second-order valence-electron chi connectivity index (χ2n) is 4.40. The molecular weight excluding hydrogens is 222 g/mol. The van der Waals surface area contributed by atoms with Crippen molar-refractivity contribution in [2.75, 3.05) is 13.2 Å². The molecule has 2 N–H and O–H groups in total. The second-order valence-corrected chi connectivity index (χ2v) is 4.40. The first-order chi connectivity index (χ1) is 8.10. The number of nitrogens with one attached hydrogen (secondary N) is 1. The van der Waals surface area contributed by atoms with Crippen molar-refractivity contribution in [1.29, 1.82) is 0 Å². The lowest BCUT2D eigenvalue weighted by Crippen LogP contribution is -2.34. The Morgan fingerprint density at radius 3 is 2.71 bits per heavy atom. The number of amides is 1. The third-order valence-electron chi connectivity index (χ3n) is 2.96. The van der Waals surface area contributed by atoms with Gasteiger partial charge in [-0.15, -0.1) is 0 Å². The molecule has 1 saturated carbocycles. The predicted octanol–water partition coefficient (Wildman–Crippen LogP) is 1.03. The number of hydrogen-bond donors (Lipinski definition) is 2. The van der Waals surface area contributed by atoms with Gasteiger partial charge in [0, 0.05) is 13.2 Å².